The van der Waals surface area contributed by atoms with Crippen LogP contribution in [0.3, 0.4) is 0 Å². The molecule has 3 heteroatoms. The van der Waals surface area contributed by atoms with Crippen LogP contribution in [0.15, 0.2) is 221 Å². The molecule has 0 aliphatic rings. The molecule has 0 aliphatic heterocycles. The van der Waals surface area contributed by atoms with Crippen molar-refractivity contribution in [3.8, 4) is 33.4 Å². The van der Waals surface area contributed by atoms with Crippen molar-refractivity contribution in [2.75, 3.05) is 4.90 Å². The molecular weight excluding hydrogens is 719 g/mol. The average molecular weight is 754 g/mol. The van der Waals surface area contributed by atoms with Crippen LogP contribution >= 0.6 is 0 Å². The van der Waals surface area contributed by atoms with Crippen LogP contribution in [0.1, 0.15) is 0 Å². The number of fused-ring (bicyclic) bond motifs is 10. The Bertz CT molecular complexity index is 3560. The molecule has 0 bridgehead atoms. The maximum Gasteiger partial charge on any atom is 0.143 e. The number of para-hydroxylation sites is 2. The van der Waals surface area contributed by atoms with Gasteiger partial charge in [-0.3, -0.25) is 0 Å². The summed E-state index contributed by atoms with van der Waals surface area (Å²) in [6.07, 6.45) is 0. The molecule has 12 aromatic rings. The first kappa shape index (κ1) is 33.3. The summed E-state index contributed by atoms with van der Waals surface area (Å²) in [4.78, 5) is 2.41. The highest BCUT2D eigenvalue weighted by Gasteiger charge is 2.23. The van der Waals surface area contributed by atoms with Gasteiger partial charge in [-0.15, -0.1) is 0 Å². The van der Waals surface area contributed by atoms with Gasteiger partial charge < -0.3 is 13.7 Å². The van der Waals surface area contributed by atoms with Gasteiger partial charge in [0, 0.05) is 49.1 Å². The van der Waals surface area contributed by atoms with Crippen LogP contribution in [0.4, 0.5) is 17.1 Å². The highest BCUT2D eigenvalue weighted by molar-refractivity contribution is 6.21. The van der Waals surface area contributed by atoms with Crippen LogP contribution in [-0.4, -0.2) is 0 Å². The number of hydrogen-bond acceptors (Lipinski definition) is 3. The van der Waals surface area contributed by atoms with Crippen LogP contribution < -0.4 is 4.90 Å². The molecule has 0 radical (unpaired) electrons. The van der Waals surface area contributed by atoms with Gasteiger partial charge in [0.05, 0.1) is 11.4 Å². The fourth-order valence-corrected chi connectivity index (χ4v) is 9.20. The van der Waals surface area contributed by atoms with E-state index in [4.69, 9.17) is 8.83 Å². The molecule has 0 amide bonds. The lowest BCUT2D eigenvalue weighted by Gasteiger charge is -2.30. The normalized spacial score (nSPS) is 11.7. The van der Waals surface area contributed by atoms with Gasteiger partial charge in [-0.2, -0.15) is 0 Å². The smallest absolute Gasteiger partial charge is 0.143 e. The average Bonchev–Trinajstić information content (AvgIpc) is 3.90. The van der Waals surface area contributed by atoms with Crippen LogP contribution in [0.5, 0.6) is 0 Å². The number of anilines is 3. The zero-order chi connectivity index (χ0) is 38.9. The molecule has 0 fully saturated rings. The predicted octanol–water partition coefficient (Wildman–Crippen LogP) is 16.3. The molecule has 3 nitrogen and oxygen atoms in total. The molecule has 0 saturated heterocycles. The molecule has 0 atom stereocenters. The van der Waals surface area contributed by atoms with Crippen molar-refractivity contribution in [1.82, 2.24) is 0 Å². The van der Waals surface area contributed by atoms with Gasteiger partial charge in [-0.1, -0.05) is 164 Å². The Morgan fingerprint density at radius 3 is 1.41 bits per heavy atom. The highest BCUT2D eigenvalue weighted by atomic mass is 16.3. The number of hydrogen-bond donors (Lipinski definition) is 0. The minimum absolute atomic E-state index is 0.873. The van der Waals surface area contributed by atoms with Crippen molar-refractivity contribution in [2.45, 2.75) is 0 Å². The van der Waals surface area contributed by atoms with E-state index >= 15 is 0 Å². The Kier molecular flexibility index (Phi) is 7.54. The van der Waals surface area contributed by atoms with Gasteiger partial charge in [0.15, 0.2) is 0 Å². The maximum atomic E-state index is 6.68. The van der Waals surface area contributed by atoms with E-state index in [1.165, 1.54) is 10.8 Å². The summed E-state index contributed by atoms with van der Waals surface area (Å²) in [6, 6.07) is 75.7. The van der Waals surface area contributed by atoms with Crippen molar-refractivity contribution in [2.24, 2.45) is 0 Å². The number of furan rings is 2. The van der Waals surface area contributed by atoms with Gasteiger partial charge in [-0.05, 0) is 81.6 Å². The molecule has 12 rings (SSSR count). The van der Waals surface area contributed by atoms with Gasteiger partial charge in [0.1, 0.15) is 22.3 Å². The lowest BCUT2D eigenvalue weighted by atomic mass is 9.95. The summed E-state index contributed by atoms with van der Waals surface area (Å²) in [5.74, 6) is 0. The molecule has 0 saturated carbocycles. The van der Waals surface area contributed by atoms with Gasteiger partial charge >= 0.3 is 0 Å². The first-order valence-corrected chi connectivity index (χ1v) is 20.1. The van der Waals surface area contributed by atoms with Crippen LogP contribution in [0, 0.1) is 0 Å². The number of nitrogens with zero attached hydrogens (tertiary/aromatic N) is 1. The quantitative estimate of drug-likeness (QED) is 0.169. The van der Waals surface area contributed by atoms with E-state index in [0.29, 0.717) is 0 Å². The van der Waals surface area contributed by atoms with E-state index in [9.17, 15) is 0 Å². The van der Waals surface area contributed by atoms with E-state index in [1.807, 2.05) is 0 Å². The van der Waals surface area contributed by atoms with Gasteiger partial charge in [0.2, 0.25) is 0 Å². The fourth-order valence-electron chi connectivity index (χ4n) is 9.20. The fraction of sp³-hybridized carbons (Fsp3) is 0. The van der Waals surface area contributed by atoms with E-state index in [-0.39, 0.29) is 0 Å². The SMILES string of the molecule is c1ccc(-c2ccccc2N(c2ccc(-c3cccc4oc5c6ccccc6ccc5c34)cc2)c2ccccc2-c2cccc3oc4c5ccccc5ccc4c23)cc1. The van der Waals surface area contributed by atoms with E-state index in [0.717, 1.165) is 105 Å². The van der Waals surface area contributed by atoms with Crippen LogP contribution in [0.25, 0.3) is 98.8 Å². The van der Waals surface area contributed by atoms with Crippen molar-refractivity contribution in [1.29, 1.82) is 0 Å². The Hall–Kier alpha value is -7.88. The Balaban J connectivity index is 1.07. The standard InChI is InChI=1S/C56H35NO2/c1-2-14-36(15-3-1)41-18-8-10-24-49(41)57(40-32-28-39(29-33-40)42-22-12-26-51-53(42)47-34-30-37-16-4-6-19-43(37)55(47)58-51)50-25-11-9-21-45(50)46-23-13-27-52-54(46)48-35-31-38-17-5-7-20-44(38)56(48)59-52/h1-35H. The Morgan fingerprint density at radius 1 is 0.288 bits per heavy atom. The summed E-state index contributed by atoms with van der Waals surface area (Å²) in [7, 11) is 0. The monoisotopic (exact) mass is 753 g/mol. The molecular formula is C56H35NO2. The molecule has 2 aromatic heterocycles. The third-order valence-electron chi connectivity index (χ3n) is 11.9. The lowest BCUT2D eigenvalue weighted by Crippen LogP contribution is -2.12. The summed E-state index contributed by atoms with van der Waals surface area (Å²) in [5.41, 5.74) is 13.6. The van der Waals surface area contributed by atoms with E-state index in [2.05, 4.69) is 217 Å². The maximum absolute atomic E-state index is 6.68. The summed E-state index contributed by atoms with van der Waals surface area (Å²) in [6.45, 7) is 0. The van der Waals surface area contributed by atoms with Gasteiger partial charge in [-0.25, -0.2) is 0 Å². The molecule has 10 aromatic carbocycles. The minimum atomic E-state index is 0.873. The van der Waals surface area contributed by atoms with Crippen molar-refractivity contribution < 1.29 is 8.83 Å². The first-order valence-electron chi connectivity index (χ1n) is 20.1. The topological polar surface area (TPSA) is 29.5 Å². The second kappa shape index (κ2) is 13.4. The third-order valence-corrected chi connectivity index (χ3v) is 11.9. The predicted molar refractivity (Wildman–Crippen MR) is 247 cm³/mol. The summed E-state index contributed by atoms with van der Waals surface area (Å²) in [5, 5.41) is 9.06. The third kappa shape index (κ3) is 5.29. The Labute approximate surface area is 340 Å². The zero-order valence-corrected chi connectivity index (χ0v) is 32.0. The highest BCUT2D eigenvalue weighted by Crippen LogP contribution is 2.48. The van der Waals surface area contributed by atoms with Crippen LogP contribution in [0.2, 0.25) is 0 Å². The van der Waals surface area contributed by atoms with Crippen molar-refractivity contribution in [3.05, 3.63) is 212 Å². The Morgan fingerprint density at radius 2 is 0.763 bits per heavy atom. The second-order valence-corrected chi connectivity index (χ2v) is 15.2. The zero-order valence-electron chi connectivity index (χ0n) is 32.0. The van der Waals surface area contributed by atoms with Crippen LogP contribution in [-0.2, 0) is 0 Å². The summed E-state index contributed by atoms with van der Waals surface area (Å²) >= 11 is 0. The van der Waals surface area contributed by atoms with Crippen molar-refractivity contribution >= 4 is 82.5 Å². The molecule has 2 heterocycles. The lowest BCUT2D eigenvalue weighted by molar-refractivity contribution is 0.672. The summed E-state index contributed by atoms with van der Waals surface area (Å²) < 4.78 is 13.3. The van der Waals surface area contributed by atoms with E-state index < -0.39 is 0 Å². The number of benzene rings is 10. The molecule has 59 heavy (non-hydrogen) atoms. The minimum Gasteiger partial charge on any atom is -0.455 e. The molecule has 0 N–H and O–H groups in total. The molecule has 276 valence electrons. The molecule has 0 spiro atoms. The largest absolute Gasteiger partial charge is 0.455 e. The number of rotatable bonds is 6. The van der Waals surface area contributed by atoms with Gasteiger partial charge in [0.25, 0.3) is 0 Å². The second-order valence-electron chi connectivity index (χ2n) is 15.2. The van der Waals surface area contributed by atoms with E-state index in [1.54, 1.807) is 0 Å². The molecule has 0 unspecified atom stereocenters. The van der Waals surface area contributed by atoms with Crippen molar-refractivity contribution in [3.63, 3.8) is 0 Å². The molecule has 0 aliphatic carbocycles. The first-order chi connectivity index (χ1) is 29.3.